The van der Waals surface area contributed by atoms with Crippen molar-refractivity contribution < 1.29 is 18.3 Å². The summed E-state index contributed by atoms with van der Waals surface area (Å²) in [5.41, 5.74) is 2.08. The number of hydrogen-bond acceptors (Lipinski definition) is 1. The summed E-state index contributed by atoms with van der Waals surface area (Å²) in [6, 6.07) is 0. The van der Waals surface area contributed by atoms with Gasteiger partial charge in [-0.05, 0) is 98.7 Å². The molecule has 32 heavy (non-hydrogen) atoms. The summed E-state index contributed by atoms with van der Waals surface area (Å²) in [5, 5.41) is 10.2. The predicted molar refractivity (Wildman–Crippen MR) is 126 cm³/mol. The van der Waals surface area contributed by atoms with E-state index < -0.39 is 12.1 Å². The van der Waals surface area contributed by atoms with Crippen molar-refractivity contribution >= 4 is 0 Å². The van der Waals surface area contributed by atoms with Crippen LogP contribution < -0.4 is 0 Å². The molecule has 4 aliphatic rings. The highest BCUT2D eigenvalue weighted by Crippen LogP contribution is 2.65. The number of fused-ring (bicyclic) bond motifs is 5. The molecular weight excluding hydrogens is 409 g/mol. The molecule has 8 unspecified atom stereocenters. The van der Waals surface area contributed by atoms with Crippen LogP contribution in [0.2, 0.25) is 0 Å². The molecule has 0 saturated heterocycles. The Kier molecular flexibility index (Phi) is 8.16. The molecule has 3 fully saturated rings. The van der Waals surface area contributed by atoms with Crippen molar-refractivity contribution in [2.75, 3.05) is 0 Å². The van der Waals surface area contributed by atoms with Crippen molar-refractivity contribution in [3.63, 3.8) is 0 Å². The van der Waals surface area contributed by atoms with Crippen molar-refractivity contribution in [3.05, 3.63) is 11.6 Å². The van der Waals surface area contributed by atoms with Gasteiger partial charge in [-0.2, -0.15) is 13.2 Å². The Bertz CT molecular complexity index is 656. The van der Waals surface area contributed by atoms with E-state index in [4.69, 9.17) is 0 Å². The highest BCUT2D eigenvalue weighted by Gasteiger charge is 2.57. The van der Waals surface area contributed by atoms with E-state index >= 15 is 0 Å². The molecule has 0 aromatic carbocycles. The lowest BCUT2D eigenvalue weighted by Gasteiger charge is -2.62. The van der Waals surface area contributed by atoms with Crippen LogP contribution in [0.3, 0.4) is 0 Å². The molecule has 3 saturated carbocycles. The fraction of sp³-hybridized carbons (Fsp3) is 0.929. The van der Waals surface area contributed by atoms with Crippen molar-refractivity contribution in [3.8, 4) is 0 Å². The third-order valence-corrected chi connectivity index (χ3v) is 10.3. The summed E-state index contributed by atoms with van der Waals surface area (Å²) < 4.78 is 38.8. The third-order valence-electron chi connectivity index (χ3n) is 10.3. The number of aliphatic hydroxyl groups is 1. The first-order valence-electron chi connectivity index (χ1n) is 13.5. The van der Waals surface area contributed by atoms with E-state index in [9.17, 15) is 18.3 Å². The molecule has 4 rings (SSSR count). The zero-order chi connectivity index (χ0) is 23.7. The van der Waals surface area contributed by atoms with Crippen molar-refractivity contribution in [1.82, 2.24) is 0 Å². The van der Waals surface area contributed by atoms with Gasteiger partial charge in [0.2, 0.25) is 0 Å². The monoisotopic (exact) mass is 456 g/mol. The molecule has 8 atom stereocenters. The Morgan fingerprint density at radius 2 is 1.78 bits per heavy atom. The first-order valence-corrected chi connectivity index (χ1v) is 13.5. The lowest BCUT2D eigenvalue weighted by atomic mass is 9.43. The molecular formula is C28H47F3O. The SMILES string of the molecule is CC.CC(CCCC1CCCC2C3CC=C4CC(O)CCC4(C)C3CCC12C)C(F)(F)F. The normalized spacial score (nSPS) is 42.4. The summed E-state index contributed by atoms with van der Waals surface area (Å²) in [5.74, 6) is 1.58. The number of alkyl halides is 3. The second-order valence-corrected chi connectivity index (χ2v) is 11.7. The minimum Gasteiger partial charge on any atom is -0.393 e. The fourth-order valence-electron chi connectivity index (χ4n) is 8.26. The number of hydrogen-bond donors (Lipinski definition) is 1. The van der Waals surface area contributed by atoms with Crippen molar-refractivity contribution in [2.45, 2.75) is 124 Å². The minimum absolute atomic E-state index is 0.159. The van der Waals surface area contributed by atoms with Gasteiger partial charge < -0.3 is 5.11 Å². The van der Waals surface area contributed by atoms with Crippen LogP contribution in [0.5, 0.6) is 0 Å². The van der Waals surface area contributed by atoms with E-state index in [2.05, 4.69) is 19.9 Å². The number of allylic oxidation sites excluding steroid dienone is 1. The number of halogens is 3. The lowest BCUT2D eigenvalue weighted by Crippen LogP contribution is -2.53. The molecule has 186 valence electrons. The number of rotatable bonds is 4. The van der Waals surface area contributed by atoms with Gasteiger partial charge in [0.05, 0.1) is 12.0 Å². The standard InChI is InChI=1S/C26H41F3O.C2H6/c1-17(26(27,28)29)6-4-7-18-8-5-9-22-21-11-10-19-16-20(30)12-14-25(19,3)23(21)13-15-24(18,22)2;1-2/h10,17-18,20-23,30H,4-9,11-16H2,1-3H3;1-2H3. The Hall–Kier alpha value is -0.510. The lowest BCUT2D eigenvalue weighted by molar-refractivity contribution is -0.171. The van der Waals surface area contributed by atoms with Gasteiger partial charge in [0.15, 0.2) is 0 Å². The maximum absolute atomic E-state index is 12.9. The molecule has 0 heterocycles. The zero-order valence-corrected chi connectivity index (χ0v) is 21.1. The van der Waals surface area contributed by atoms with Gasteiger partial charge in [-0.3, -0.25) is 0 Å². The van der Waals surface area contributed by atoms with Gasteiger partial charge in [-0.15, -0.1) is 0 Å². The van der Waals surface area contributed by atoms with Crippen LogP contribution in [0, 0.1) is 40.4 Å². The summed E-state index contributed by atoms with van der Waals surface area (Å²) in [7, 11) is 0. The van der Waals surface area contributed by atoms with Crippen molar-refractivity contribution in [2.24, 2.45) is 40.4 Å². The summed E-state index contributed by atoms with van der Waals surface area (Å²) in [6.07, 6.45) is 10.5. The molecule has 0 spiro atoms. The van der Waals surface area contributed by atoms with Crippen LogP contribution in [-0.2, 0) is 0 Å². The maximum Gasteiger partial charge on any atom is 0.391 e. The fourth-order valence-corrected chi connectivity index (χ4v) is 8.26. The maximum atomic E-state index is 12.9. The molecule has 0 aliphatic heterocycles. The van der Waals surface area contributed by atoms with Crippen LogP contribution in [0.25, 0.3) is 0 Å². The van der Waals surface area contributed by atoms with Crippen LogP contribution >= 0.6 is 0 Å². The summed E-state index contributed by atoms with van der Waals surface area (Å²) in [6.45, 7) is 10.3. The molecule has 0 aromatic rings. The smallest absolute Gasteiger partial charge is 0.391 e. The van der Waals surface area contributed by atoms with E-state index in [0.29, 0.717) is 17.8 Å². The number of aliphatic hydroxyl groups excluding tert-OH is 1. The topological polar surface area (TPSA) is 20.2 Å². The van der Waals surface area contributed by atoms with E-state index in [1.54, 1.807) is 0 Å². The molecule has 1 nitrogen and oxygen atoms in total. The van der Waals surface area contributed by atoms with Gasteiger partial charge in [0.1, 0.15) is 0 Å². The highest BCUT2D eigenvalue weighted by molar-refractivity contribution is 5.25. The van der Waals surface area contributed by atoms with Crippen LogP contribution in [0.4, 0.5) is 13.2 Å². The van der Waals surface area contributed by atoms with E-state index in [0.717, 1.165) is 49.9 Å². The van der Waals surface area contributed by atoms with Crippen LogP contribution in [-0.4, -0.2) is 17.4 Å². The molecule has 4 aliphatic carbocycles. The second-order valence-electron chi connectivity index (χ2n) is 11.7. The van der Waals surface area contributed by atoms with Gasteiger partial charge >= 0.3 is 6.18 Å². The van der Waals surface area contributed by atoms with E-state index in [1.807, 2.05) is 13.8 Å². The van der Waals surface area contributed by atoms with E-state index in [-0.39, 0.29) is 17.9 Å². The summed E-state index contributed by atoms with van der Waals surface area (Å²) in [4.78, 5) is 0. The Labute approximate surface area is 194 Å². The largest absolute Gasteiger partial charge is 0.393 e. The van der Waals surface area contributed by atoms with E-state index in [1.165, 1.54) is 44.6 Å². The molecule has 0 aromatic heterocycles. The van der Waals surface area contributed by atoms with Gasteiger partial charge in [0.25, 0.3) is 0 Å². The molecule has 0 bridgehead atoms. The van der Waals surface area contributed by atoms with Crippen LogP contribution in [0.1, 0.15) is 112 Å². The average molecular weight is 457 g/mol. The van der Waals surface area contributed by atoms with Gasteiger partial charge in [-0.1, -0.05) is 59.1 Å². The first-order chi connectivity index (χ1) is 15.1. The Morgan fingerprint density at radius 1 is 1.06 bits per heavy atom. The predicted octanol–water partition coefficient (Wildman–Crippen LogP) is 8.71. The third kappa shape index (κ3) is 4.82. The van der Waals surface area contributed by atoms with Crippen molar-refractivity contribution in [1.29, 1.82) is 0 Å². The second kappa shape index (κ2) is 10.0. The Morgan fingerprint density at radius 3 is 2.47 bits per heavy atom. The van der Waals surface area contributed by atoms with Crippen LogP contribution in [0.15, 0.2) is 11.6 Å². The van der Waals surface area contributed by atoms with Gasteiger partial charge in [0, 0.05) is 0 Å². The zero-order valence-electron chi connectivity index (χ0n) is 21.1. The van der Waals surface area contributed by atoms with Gasteiger partial charge in [-0.25, -0.2) is 0 Å². The quantitative estimate of drug-likeness (QED) is 0.419. The highest BCUT2D eigenvalue weighted by atomic mass is 19.4. The summed E-state index contributed by atoms with van der Waals surface area (Å²) >= 11 is 0. The molecule has 0 amide bonds. The molecule has 0 radical (unpaired) electrons. The Balaban J connectivity index is 0.00000141. The average Bonchev–Trinajstić information content (AvgIpc) is 2.75. The first kappa shape index (κ1) is 26.1. The molecule has 4 heteroatoms. The molecule has 1 N–H and O–H groups in total. The minimum atomic E-state index is -4.05.